The number of fused-ring (bicyclic) bond motifs is 1. The summed E-state index contributed by atoms with van der Waals surface area (Å²) >= 11 is 1.76. The molecule has 0 atom stereocenters. The van der Waals surface area contributed by atoms with Gasteiger partial charge >= 0.3 is 0 Å². The lowest BCUT2D eigenvalue weighted by atomic mass is 10.0. The summed E-state index contributed by atoms with van der Waals surface area (Å²) < 4.78 is 0. The normalized spacial score (nSPS) is 14.4. The van der Waals surface area contributed by atoms with Crippen molar-refractivity contribution < 1.29 is 4.79 Å². The van der Waals surface area contributed by atoms with E-state index < -0.39 is 0 Å². The Hall–Kier alpha value is -1.48. The zero-order valence-electron chi connectivity index (χ0n) is 11.7. The average molecular weight is 285 g/mol. The Balaban J connectivity index is 1.74. The van der Waals surface area contributed by atoms with Gasteiger partial charge in [0.05, 0.1) is 0 Å². The van der Waals surface area contributed by atoms with Crippen LogP contribution in [0, 0.1) is 5.92 Å². The molecule has 20 heavy (non-hydrogen) atoms. The highest BCUT2D eigenvalue weighted by Gasteiger charge is 2.28. The molecule has 1 aliphatic rings. The van der Waals surface area contributed by atoms with Crippen LogP contribution in [0.2, 0.25) is 0 Å². The molecule has 2 aromatic rings. The number of amides is 1. The van der Waals surface area contributed by atoms with Crippen molar-refractivity contribution in [1.29, 1.82) is 0 Å². The van der Waals surface area contributed by atoms with Crippen molar-refractivity contribution in [1.82, 2.24) is 5.32 Å². The van der Waals surface area contributed by atoms with Gasteiger partial charge in [-0.15, -0.1) is 11.8 Å². The fourth-order valence-electron chi connectivity index (χ4n) is 2.47. The monoisotopic (exact) mass is 285 g/mol. The van der Waals surface area contributed by atoms with Crippen LogP contribution in [0.25, 0.3) is 10.8 Å². The van der Waals surface area contributed by atoms with Crippen LogP contribution in [0.4, 0.5) is 0 Å². The van der Waals surface area contributed by atoms with Crippen LogP contribution in [-0.4, -0.2) is 18.7 Å². The number of rotatable bonds is 5. The minimum atomic E-state index is 0.232. The summed E-state index contributed by atoms with van der Waals surface area (Å²) in [7, 11) is 0. The van der Waals surface area contributed by atoms with Crippen LogP contribution < -0.4 is 5.32 Å². The van der Waals surface area contributed by atoms with Crippen molar-refractivity contribution in [3.8, 4) is 0 Å². The van der Waals surface area contributed by atoms with Crippen LogP contribution in [0.5, 0.6) is 0 Å². The molecule has 0 saturated heterocycles. The van der Waals surface area contributed by atoms with Gasteiger partial charge in [-0.1, -0.05) is 24.3 Å². The highest BCUT2D eigenvalue weighted by atomic mass is 32.2. The predicted octanol–water partition coefficient (Wildman–Crippen LogP) is 3.63. The van der Waals surface area contributed by atoms with E-state index in [-0.39, 0.29) is 5.91 Å². The molecule has 0 heterocycles. The first-order valence-corrected chi connectivity index (χ1v) is 8.34. The van der Waals surface area contributed by atoms with Gasteiger partial charge < -0.3 is 5.32 Å². The molecule has 0 bridgehead atoms. The second kappa shape index (κ2) is 5.88. The van der Waals surface area contributed by atoms with E-state index in [1.807, 2.05) is 0 Å². The van der Waals surface area contributed by atoms with Crippen LogP contribution in [0.1, 0.15) is 18.4 Å². The van der Waals surface area contributed by atoms with E-state index in [1.165, 1.54) is 21.2 Å². The lowest BCUT2D eigenvalue weighted by molar-refractivity contribution is -0.122. The van der Waals surface area contributed by atoms with E-state index in [9.17, 15) is 4.79 Å². The van der Waals surface area contributed by atoms with Gasteiger partial charge in [0.25, 0.3) is 0 Å². The molecule has 0 aromatic heterocycles. The summed E-state index contributed by atoms with van der Waals surface area (Å²) in [5.74, 6) is 0.528. The molecule has 1 fully saturated rings. The quantitative estimate of drug-likeness (QED) is 0.850. The maximum absolute atomic E-state index is 11.6. The maximum atomic E-state index is 11.6. The first-order chi connectivity index (χ1) is 9.78. The van der Waals surface area contributed by atoms with Crippen LogP contribution >= 0.6 is 11.8 Å². The fraction of sp³-hybridized carbons (Fsp3) is 0.353. The average Bonchev–Trinajstić information content (AvgIpc) is 3.31. The number of hydrogen-bond donors (Lipinski definition) is 1. The maximum Gasteiger partial charge on any atom is 0.223 e. The highest BCUT2D eigenvalue weighted by Crippen LogP contribution is 2.29. The van der Waals surface area contributed by atoms with Crippen molar-refractivity contribution >= 4 is 28.4 Å². The summed E-state index contributed by atoms with van der Waals surface area (Å²) in [6.07, 6.45) is 5.13. The minimum absolute atomic E-state index is 0.232. The Morgan fingerprint density at radius 2 is 2.15 bits per heavy atom. The zero-order chi connectivity index (χ0) is 13.9. The molecule has 3 rings (SSSR count). The predicted molar refractivity (Wildman–Crippen MR) is 85.2 cm³/mol. The molecule has 3 heteroatoms. The SMILES string of the molecule is CSc1ccc2cccc(CCNC(=O)C3CC3)c2c1. The topological polar surface area (TPSA) is 29.1 Å². The third-order valence-corrected chi connectivity index (χ3v) is 4.55. The second-order valence-electron chi connectivity index (χ2n) is 5.32. The van der Waals surface area contributed by atoms with E-state index in [2.05, 4.69) is 48.0 Å². The first kappa shape index (κ1) is 13.5. The van der Waals surface area contributed by atoms with Crippen LogP contribution in [0.15, 0.2) is 41.3 Å². The Kier molecular flexibility index (Phi) is 3.97. The number of thioether (sulfide) groups is 1. The molecule has 1 N–H and O–H groups in total. The lowest BCUT2D eigenvalue weighted by Crippen LogP contribution is -2.26. The highest BCUT2D eigenvalue weighted by molar-refractivity contribution is 7.98. The molecule has 0 unspecified atom stereocenters. The van der Waals surface area contributed by atoms with E-state index in [4.69, 9.17) is 0 Å². The van der Waals surface area contributed by atoms with Gasteiger partial charge in [-0.3, -0.25) is 4.79 Å². The Bertz CT molecular complexity index is 634. The number of nitrogens with one attached hydrogen (secondary N) is 1. The molecule has 1 amide bonds. The van der Waals surface area contributed by atoms with Gasteiger partial charge in [-0.2, -0.15) is 0 Å². The molecular weight excluding hydrogens is 266 g/mol. The largest absolute Gasteiger partial charge is 0.356 e. The number of benzene rings is 2. The fourth-order valence-corrected chi connectivity index (χ4v) is 2.91. The molecule has 0 spiro atoms. The van der Waals surface area contributed by atoms with Gasteiger partial charge in [0.15, 0.2) is 0 Å². The number of carbonyl (C=O) groups excluding carboxylic acids is 1. The molecule has 1 aliphatic carbocycles. The van der Waals surface area contributed by atoms with Gasteiger partial charge in [0, 0.05) is 17.4 Å². The second-order valence-corrected chi connectivity index (χ2v) is 6.20. The molecule has 1 saturated carbocycles. The van der Waals surface area contributed by atoms with Crippen LogP contribution in [-0.2, 0) is 11.2 Å². The summed E-state index contributed by atoms with van der Waals surface area (Å²) in [5, 5.41) is 5.62. The Morgan fingerprint density at radius 1 is 1.30 bits per heavy atom. The minimum Gasteiger partial charge on any atom is -0.356 e. The zero-order valence-corrected chi connectivity index (χ0v) is 12.5. The third kappa shape index (κ3) is 2.98. The van der Waals surface area contributed by atoms with E-state index in [1.54, 1.807) is 11.8 Å². The summed E-state index contributed by atoms with van der Waals surface area (Å²) in [4.78, 5) is 12.9. The first-order valence-electron chi connectivity index (χ1n) is 7.11. The van der Waals surface area contributed by atoms with Crippen molar-refractivity contribution in [3.63, 3.8) is 0 Å². The molecule has 0 radical (unpaired) electrons. The number of carbonyl (C=O) groups is 1. The van der Waals surface area contributed by atoms with Gasteiger partial charge in [0.1, 0.15) is 0 Å². The summed E-state index contributed by atoms with van der Waals surface area (Å²) in [6.45, 7) is 0.734. The standard InChI is InChI=1S/C17H19NOS/c1-20-15-8-7-12-3-2-4-13(16(12)11-15)9-10-18-17(19)14-5-6-14/h2-4,7-8,11,14H,5-6,9-10H2,1H3,(H,18,19). The van der Waals surface area contributed by atoms with Gasteiger partial charge in [-0.05, 0) is 54.0 Å². The van der Waals surface area contributed by atoms with Crippen molar-refractivity contribution in [2.45, 2.75) is 24.2 Å². The van der Waals surface area contributed by atoms with Gasteiger partial charge in [-0.25, -0.2) is 0 Å². The molecule has 2 nitrogen and oxygen atoms in total. The van der Waals surface area contributed by atoms with Crippen molar-refractivity contribution in [3.05, 3.63) is 42.0 Å². The van der Waals surface area contributed by atoms with E-state index in [0.29, 0.717) is 5.92 Å². The van der Waals surface area contributed by atoms with Crippen molar-refractivity contribution in [2.24, 2.45) is 5.92 Å². The molecule has 2 aromatic carbocycles. The van der Waals surface area contributed by atoms with Gasteiger partial charge in [0.2, 0.25) is 5.91 Å². The Morgan fingerprint density at radius 3 is 2.90 bits per heavy atom. The van der Waals surface area contributed by atoms with Crippen molar-refractivity contribution in [2.75, 3.05) is 12.8 Å². The van der Waals surface area contributed by atoms with Crippen LogP contribution in [0.3, 0.4) is 0 Å². The number of hydrogen-bond acceptors (Lipinski definition) is 2. The Labute approximate surface area is 123 Å². The smallest absolute Gasteiger partial charge is 0.223 e. The lowest BCUT2D eigenvalue weighted by Gasteiger charge is -2.09. The molecular formula is C17H19NOS. The summed E-state index contributed by atoms with van der Waals surface area (Å²) in [5.41, 5.74) is 1.31. The third-order valence-electron chi connectivity index (χ3n) is 3.82. The molecule has 104 valence electrons. The summed E-state index contributed by atoms with van der Waals surface area (Å²) in [6, 6.07) is 13.0. The van der Waals surface area contributed by atoms with E-state index >= 15 is 0 Å². The van der Waals surface area contributed by atoms with E-state index in [0.717, 1.165) is 25.8 Å². The molecule has 0 aliphatic heterocycles.